The summed E-state index contributed by atoms with van der Waals surface area (Å²) >= 11 is 0. The predicted molar refractivity (Wildman–Crippen MR) is 86.3 cm³/mol. The van der Waals surface area contributed by atoms with Crippen molar-refractivity contribution in [3.05, 3.63) is 29.8 Å². The van der Waals surface area contributed by atoms with Crippen LogP contribution in [0.25, 0.3) is 0 Å². The maximum absolute atomic E-state index is 9.70. The van der Waals surface area contributed by atoms with Gasteiger partial charge in [-0.2, -0.15) is 0 Å². The third-order valence-corrected chi connectivity index (χ3v) is 5.29. The van der Waals surface area contributed by atoms with Crippen molar-refractivity contribution in [2.24, 2.45) is 5.92 Å². The van der Waals surface area contributed by atoms with E-state index in [1.54, 1.807) is 6.07 Å². The highest BCUT2D eigenvalue weighted by molar-refractivity contribution is 5.27. The van der Waals surface area contributed by atoms with Crippen LogP contribution in [-0.4, -0.2) is 34.7 Å². The number of rotatable bonds is 5. The fourth-order valence-electron chi connectivity index (χ4n) is 3.77. The summed E-state index contributed by atoms with van der Waals surface area (Å²) < 4.78 is 0. The summed E-state index contributed by atoms with van der Waals surface area (Å²) in [5.74, 6) is 1.21. The summed E-state index contributed by atoms with van der Waals surface area (Å²) in [5, 5.41) is 13.5. The van der Waals surface area contributed by atoms with Gasteiger partial charge in [-0.25, -0.2) is 0 Å². The molecule has 3 heteroatoms. The van der Waals surface area contributed by atoms with Crippen molar-refractivity contribution in [2.75, 3.05) is 13.1 Å². The molecule has 1 heterocycles. The van der Waals surface area contributed by atoms with Gasteiger partial charge in [-0.1, -0.05) is 25.5 Å². The Morgan fingerprint density at radius 3 is 2.86 bits per heavy atom. The zero-order valence-electron chi connectivity index (χ0n) is 13.3. The first-order valence-corrected chi connectivity index (χ1v) is 8.38. The second-order valence-corrected chi connectivity index (χ2v) is 7.05. The topological polar surface area (TPSA) is 35.5 Å². The first-order chi connectivity index (χ1) is 10.1. The van der Waals surface area contributed by atoms with Crippen molar-refractivity contribution < 1.29 is 5.11 Å². The van der Waals surface area contributed by atoms with Gasteiger partial charge in [-0.15, -0.1) is 0 Å². The maximum Gasteiger partial charge on any atom is 0.115 e. The highest BCUT2D eigenvalue weighted by atomic mass is 16.3. The Balaban J connectivity index is 1.76. The van der Waals surface area contributed by atoms with Gasteiger partial charge in [-0.05, 0) is 49.8 Å². The van der Waals surface area contributed by atoms with Gasteiger partial charge in [-0.3, -0.25) is 4.90 Å². The maximum atomic E-state index is 9.70. The molecule has 1 aromatic rings. The summed E-state index contributed by atoms with van der Waals surface area (Å²) in [4.78, 5) is 2.66. The molecule has 21 heavy (non-hydrogen) atoms. The Morgan fingerprint density at radius 1 is 1.38 bits per heavy atom. The predicted octanol–water partition coefficient (Wildman–Crippen LogP) is 3.13. The van der Waals surface area contributed by atoms with Crippen LogP contribution in [0, 0.1) is 5.92 Å². The van der Waals surface area contributed by atoms with Crippen molar-refractivity contribution >= 4 is 0 Å². The lowest BCUT2D eigenvalue weighted by Crippen LogP contribution is -2.63. The van der Waals surface area contributed by atoms with E-state index in [0.717, 1.165) is 25.6 Å². The van der Waals surface area contributed by atoms with Crippen LogP contribution in [0.4, 0.5) is 0 Å². The molecule has 1 aliphatic heterocycles. The molecule has 0 radical (unpaired) electrons. The van der Waals surface area contributed by atoms with Crippen molar-refractivity contribution in [3.63, 3.8) is 0 Å². The molecular weight excluding hydrogens is 260 g/mol. The van der Waals surface area contributed by atoms with E-state index >= 15 is 0 Å². The zero-order chi connectivity index (χ0) is 14.9. The number of piperazine rings is 1. The third-order valence-electron chi connectivity index (χ3n) is 5.29. The highest BCUT2D eigenvalue weighted by Crippen LogP contribution is 2.44. The zero-order valence-corrected chi connectivity index (χ0v) is 13.3. The molecule has 1 aliphatic carbocycles. The lowest BCUT2D eigenvalue weighted by Gasteiger charge is -2.49. The van der Waals surface area contributed by atoms with Crippen molar-refractivity contribution in [2.45, 2.75) is 57.7 Å². The largest absolute Gasteiger partial charge is 0.508 e. The second-order valence-electron chi connectivity index (χ2n) is 7.05. The van der Waals surface area contributed by atoms with Crippen LogP contribution in [0.15, 0.2) is 24.3 Å². The molecule has 1 saturated carbocycles. The molecule has 0 amide bonds. The van der Waals surface area contributed by atoms with Crippen LogP contribution < -0.4 is 5.32 Å². The monoisotopic (exact) mass is 288 g/mol. The second kappa shape index (κ2) is 5.98. The van der Waals surface area contributed by atoms with E-state index in [-0.39, 0.29) is 5.54 Å². The number of nitrogens with one attached hydrogen (secondary N) is 1. The summed E-state index contributed by atoms with van der Waals surface area (Å²) in [5.41, 5.74) is 1.49. The summed E-state index contributed by atoms with van der Waals surface area (Å²) in [6.07, 6.45) is 5.22. The van der Waals surface area contributed by atoms with E-state index in [9.17, 15) is 5.11 Å². The first kappa shape index (κ1) is 14.9. The number of benzene rings is 1. The van der Waals surface area contributed by atoms with Crippen molar-refractivity contribution in [1.82, 2.24) is 10.2 Å². The fraction of sp³-hybridized carbons (Fsp3) is 0.667. The number of phenols is 1. The Morgan fingerprint density at radius 2 is 2.19 bits per heavy atom. The Bertz CT molecular complexity index is 486. The normalized spacial score (nSPS) is 30.5. The van der Waals surface area contributed by atoms with Crippen LogP contribution in [0.3, 0.4) is 0 Å². The SMILES string of the molecule is CCCC1CN(Cc2cccc(O)c2)C(C)(C2CC2)CN1. The molecule has 0 bridgehead atoms. The highest BCUT2D eigenvalue weighted by Gasteiger charge is 2.47. The van der Waals surface area contributed by atoms with Gasteiger partial charge >= 0.3 is 0 Å². The number of hydrogen-bond acceptors (Lipinski definition) is 3. The van der Waals surface area contributed by atoms with Crippen molar-refractivity contribution in [1.29, 1.82) is 0 Å². The molecule has 2 atom stereocenters. The smallest absolute Gasteiger partial charge is 0.115 e. The third kappa shape index (κ3) is 3.24. The molecule has 2 aliphatic rings. The van der Waals surface area contributed by atoms with Gasteiger partial charge in [0.25, 0.3) is 0 Å². The fourth-order valence-corrected chi connectivity index (χ4v) is 3.77. The number of aromatic hydroxyl groups is 1. The van der Waals surface area contributed by atoms with Gasteiger partial charge in [0, 0.05) is 31.2 Å². The Hall–Kier alpha value is -1.06. The van der Waals surface area contributed by atoms with Crippen LogP contribution >= 0.6 is 0 Å². The van der Waals surface area contributed by atoms with Gasteiger partial charge in [0.1, 0.15) is 5.75 Å². The molecule has 1 saturated heterocycles. The standard InChI is InChI=1S/C18H28N2O/c1-3-5-16-12-20(11-14-6-4-7-17(21)10-14)18(2,13-19-16)15-8-9-15/h4,6-7,10,15-16,19,21H,3,5,8-9,11-13H2,1-2H3. The van der Waals surface area contributed by atoms with Crippen LogP contribution in [0.2, 0.25) is 0 Å². The minimum absolute atomic E-state index is 0.274. The van der Waals surface area contributed by atoms with E-state index in [2.05, 4.69) is 30.1 Å². The Kier molecular flexibility index (Phi) is 4.23. The summed E-state index contributed by atoms with van der Waals surface area (Å²) in [6, 6.07) is 8.35. The molecule has 2 unspecified atom stereocenters. The van der Waals surface area contributed by atoms with Crippen molar-refractivity contribution in [3.8, 4) is 5.75 Å². The molecule has 3 rings (SSSR count). The van der Waals surface area contributed by atoms with E-state index in [1.165, 1.54) is 31.2 Å². The number of nitrogens with zero attached hydrogens (tertiary/aromatic N) is 1. The first-order valence-electron chi connectivity index (χ1n) is 8.38. The van der Waals surface area contributed by atoms with Gasteiger partial charge in [0.05, 0.1) is 0 Å². The lowest BCUT2D eigenvalue weighted by atomic mass is 9.88. The molecule has 2 N–H and O–H groups in total. The average molecular weight is 288 g/mol. The molecular formula is C18H28N2O. The minimum atomic E-state index is 0.274. The summed E-state index contributed by atoms with van der Waals surface area (Å²) in [6.45, 7) is 7.85. The molecule has 0 aromatic heterocycles. The number of hydrogen-bond donors (Lipinski definition) is 2. The number of phenolic OH excluding ortho intramolecular Hbond substituents is 1. The van der Waals surface area contributed by atoms with Gasteiger partial charge < -0.3 is 10.4 Å². The molecule has 3 nitrogen and oxygen atoms in total. The van der Waals surface area contributed by atoms with Gasteiger partial charge in [0.15, 0.2) is 0 Å². The van der Waals surface area contributed by atoms with Crippen LogP contribution in [-0.2, 0) is 6.54 Å². The van der Waals surface area contributed by atoms with E-state index in [4.69, 9.17) is 0 Å². The van der Waals surface area contributed by atoms with Crippen LogP contribution in [0.5, 0.6) is 5.75 Å². The van der Waals surface area contributed by atoms with E-state index < -0.39 is 0 Å². The lowest BCUT2D eigenvalue weighted by molar-refractivity contribution is 0.0260. The van der Waals surface area contributed by atoms with Gasteiger partial charge in [0.2, 0.25) is 0 Å². The van der Waals surface area contributed by atoms with Crippen LogP contribution in [0.1, 0.15) is 45.1 Å². The molecule has 0 spiro atoms. The molecule has 1 aromatic carbocycles. The minimum Gasteiger partial charge on any atom is -0.508 e. The average Bonchev–Trinajstić information content (AvgIpc) is 3.28. The Labute approximate surface area is 128 Å². The van der Waals surface area contributed by atoms with E-state index in [0.29, 0.717) is 11.8 Å². The summed E-state index contributed by atoms with van der Waals surface area (Å²) in [7, 11) is 0. The molecule has 2 fully saturated rings. The van der Waals surface area contributed by atoms with E-state index in [1.807, 2.05) is 12.1 Å². The quantitative estimate of drug-likeness (QED) is 0.874. The molecule has 116 valence electrons.